The molecular formula is C13H13IN2O3S. The second-order valence-corrected chi connectivity index (χ2v) is 6.20. The van der Waals surface area contributed by atoms with Crippen molar-refractivity contribution in [1.82, 2.24) is 9.55 Å². The molecule has 5 nitrogen and oxygen atoms in total. The molecule has 1 aromatic carbocycles. The summed E-state index contributed by atoms with van der Waals surface area (Å²) in [6.45, 7) is 2.11. The maximum Gasteiger partial charge on any atom is 0.316 e. The van der Waals surface area contributed by atoms with Gasteiger partial charge in [0.15, 0.2) is 5.16 Å². The Morgan fingerprint density at radius 2 is 2.25 bits per heavy atom. The van der Waals surface area contributed by atoms with E-state index in [1.165, 1.54) is 16.3 Å². The van der Waals surface area contributed by atoms with Crippen molar-refractivity contribution in [3.05, 3.63) is 32.1 Å². The molecule has 0 fully saturated rings. The number of hydrogen-bond donors (Lipinski definition) is 0. The van der Waals surface area contributed by atoms with Crippen LogP contribution >= 0.6 is 34.4 Å². The van der Waals surface area contributed by atoms with Crippen LogP contribution in [0.2, 0.25) is 0 Å². The molecule has 106 valence electrons. The lowest BCUT2D eigenvalue weighted by molar-refractivity contribution is -0.139. The third kappa shape index (κ3) is 3.32. The predicted octanol–water partition coefficient (Wildman–Crippen LogP) is 2.19. The molecule has 7 heteroatoms. The van der Waals surface area contributed by atoms with Crippen LogP contribution in [0.3, 0.4) is 0 Å². The van der Waals surface area contributed by atoms with E-state index in [1.807, 2.05) is 18.2 Å². The summed E-state index contributed by atoms with van der Waals surface area (Å²) < 4.78 is 7.31. The van der Waals surface area contributed by atoms with Gasteiger partial charge in [-0.1, -0.05) is 11.8 Å². The van der Waals surface area contributed by atoms with Crippen molar-refractivity contribution in [3.8, 4) is 0 Å². The van der Waals surface area contributed by atoms with Gasteiger partial charge in [0.2, 0.25) is 0 Å². The third-order valence-corrected chi connectivity index (χ3v) is 4.30. The molecule has 0 aliphatic heterocycles. The monoisotopic (exact) mass is 404 g/mol. The maximum atomic E-state index is 12.3. The molecule has 0 spiro atoms. The number of esters is 1. The predicted molar refractivity (Wildman–Crippen MR) is 87.1 cm³/mol. The molecular weight excluding hydrogens is 391 g/mol. The van der Waals surface area contributed by atoms with Crippen molar-refractivity contribution >= 4 is 51.2 Å². The van der Waals surface area contributed by atoms with E-state index in [4.69, 9.17) is 4.74 Å². The van der Waals surface area contributed by atoms with Crippen LogP contribution in [0.15, 0.2) is 28.2 Å². The minimum atomic E-state index is -0.311. The summed E-state index contributed by atoms with van der Waals surface area (Å²) >= 11 is 3.36. The van der Waals surface area contributed by atoms with Gasteiger partial charge in [0.25, 0.3) is 5.56 Å². The lowest BCUT2D eigenvalue weighted by atomic mass is 10.2. The maximum absolute atomic E-state index is 12.3. The fraction of sp³-hybridized carbons (Fsp3) is 0.308. The van der Waals surface area contributed by atoms with E-state index in [-0.39, 0.29) is 17.3 Å². The summed E-state index contributed by atoms with van der Waals surface area (Å²) in [5.41, 5.74) is 0.528. The van der Waals surface area contributed by atoms with E-state index in [2.05, 4.69) is 27.6 Å². The van der Waals surface area contributed by atoms with Crippen molar-refractivity contribution in [3.63, 3.8) is 0 Å². The number of halogens is 1. The van der Waals surface area contributed by atoms with E-state index in [0.717, 1.165) is 3.57 Å². The number of rotatable bonds is 4. The number of aromatic nitrogens is 2. The fourth-order valence-corrected chi connectivity index (χ4v) is 2.94. The molecule has 1 heterocycles. The van der Waals surface area contributed by atoms with Crippen LogP contribution in [0.4, 0.5) is 0 Å². The SMILES string of the molecule is CCOC(=O)CSc1nc2ccc(I)cc2c(=O)n1C. The van der Waals surface area contributed by atoms with Gasteiger partial charge in [-0.2, -0.15) is 0 Å². The zero-order chi connectivity index (χ0) is 14.7. The van der Waals surface area contributed by atoms with Gasteiger partial charge in [0.1, 0.15) is 0 Å². The van der Waals surface area contributed by atoms with Gasteiger partial charge in [0, 0.05) is 10.6 Å². The first kappa shape index (κ1) is 15.3. The van der Waals surface area contributed by atoms with Gasteiger partial charge < -0.3 is 4.74 Å². The number of thioether (sulfide) groups is 1. The molecule has 0 saturated carbocycles. The number of hydrogen-bond acceptors (Lipinski definition) is 5. The van der Waals surface area contributed by atoms with Crippen LogP contribution < -0.4 is 5.56 Å². The van der Waals surface area contributed by atoms with Crippen LogP contribution in [0.25, 0.3) is 10.9 Å². The van der Waals surface area contributed by atoms with Crippen molar-refractivity contribution in [2.24, 2.45) is 7.05 Å². The summed E-state index contributed by atoms with van der Waals surface area (Å²) in [6, 6.07) is 5.52. The fourth-order valence-electron chi connectivity index (χ4n) is 1.68. The number of fused-ring (bicyclic) bond motifs is 1. The Morgan fingerprint density at radius 3 is 2.95 bits per heavy atom. The van der Waals surface area contributed by atoms with E-state index in [1.54, 1.807) is 14.0 Å². The Labute approximate surface area is 133 Å². The summed E-state index contributed by atoms with van der Waals surface area (Å²) in [7, 11) is 1.65. The normalized spacial score (nSPS) is 10.8. The zero-order valence-corrected chi connectivity index (χ0v) is 14.0. The van der Waals surface area contributed by atoms with Crippen molar-refractivity contribution in [2.45, 2.75) is 12.1 Å². The number of carbonyl (C=O) groups excluding carboxylic acids is 1. The first-order chi connectivity index (χ1) is 9.52. The number of nitrogens with zero attached hydrogens (tertiary/aromatic N) is 2. The van der Waals surface area contributed by atoms with Crippen molar-refractivity contribution in [1.29, 1.82) is 0 Å². The summed E-state index contributed by atoms with van der Waals surface area (Å²) in [4.78, 5) is 28.0. The molecule has 1 aromatic heterocycles. The van der Waals surface area contributed by atoms with Gasteiger partial charge in [-0.25, -0.2) is 4.98 Å². The molecule has 0 unspecified atom stereocenters. The second kappa shape index (κ2) is 6.57. The molecule has 0 aliphatic carbocycles. The smallest absolute Gasteiger partial charge is 0.316 e. The van der Waals surface area contributed by atoms with E-state index >= 15 is 0 Å². The van der Waals surface area contributed by atoms with Crippen molar-refractivity contribution in [2.75, 3.05) is 12.4 Å². The minimum Gasteiger partial charge on any atom is -0.465 e. The number of benzene rings is 1. The topological polar surface area (TPSA) is 61.2 Å². The highest BCUT2D eigenvalue weighted by Crippen LogP contribution is 2.18. The highest BCUT2D eigenvalue weighted by Gasteiger charge is 2.11. The summed E-state index contributed by atoms with van der Waals surface area (Å²) in [6.07, 6.45) is 0. The van der Waals surface area contributed by atoms with Crippen molar-refractivity contribution < 1.29 is 9.53 Å². The quantitative estimate of drug-likeness (QED) is 0.339. The van der Waals surface area contributed by atoms with Gasteiger partial charge in [-0.3, -0.25) is 14.2 Å². The zero-order valence-electron chi connectivity index (χ0n) is 11.1. The molecule has 20 heavy (non-hydrogen) atoms. The molecule has 2 rings (SSSR count). The lowest BCUT2D eigenvalue weighted by Gasteiger charge is -2.08. The van der Waals surface area contributed by atoms with Crippen LogP contribution in [0.5, 0.6) is 0 Å². The third-order valence-electron chi connectivity index (χ3n) is 2.62. The van der Waals surface area contributed by atoms with Gasteiger partial charge >= 0.3 is 5.97 Å². The first-order valence-corrected chi connectivity index (χ1v) is 8.04. The largest absolute Gasteiger partial charge is 0.465 e. The Morgan fingerprint density at radius 1 is 1.50 bits per heavy atom. The average Bonchev–Trinajstić information content (AvgIpc) is 2.42. The van der Waals surface area contributed by atoms with Gasteiger partial charge in [0.05, 0.1) is 23.3 Å². The first-order valence-electron chi connectivity index (χ1n) is 5.97. The molecule has 0 amide bonds. The molecule has 0 atom stereocenters. The summed E-state index contributed by atoms with van der Waals surface area (Å²) in [5.74, 6) is -0.168. The Kier molecular flexibility index (Phi) is 5.03. The van der Waals surface area contributed by atoms with Gasteiger partial charge in [-0.15, -0.1) is 0 Å². The molecule has 2 aromatic rings. The van der Waals surface area contributed by atoms with Crippen LogP contribution in [0.1, 0.15) is 6.92 Å². The average molecular weight is 404 g/mol. The molecule has 0 N–H and O–H groups in total. The number of ether oxygens (including phenoxy) is 1. The lowest BCUT2D eigenvalue weighted by Crippen LogP contribution is -2.20. The molecule has 0 bridgehead atoms. The Hall–Kier alpha value is -1.09. The molecule has 0 aliphatic rings. The standard InChI is InChI=1S/C13H13IN2O3S/c1-3-19-11(17)7-20-13-15-10-5-4-8(14)6-9(10)12(18)16(13)2/h4-6H,3,7H2,1-2H3. The second-order valence-electron chi connectivity index (χ2n) is 4.01. The Bertz CT molecular complexity index is 715. The molecule has 0 radical (unpaired) electrons. The van der Waals surface area contributed by atoms with E-state index in [0.29, 0.717) is 22.7 Å². The highest BCUT2D eigenvalue weighted by molar-refractivity contribution is 14.1. The Balaban J connectivity index is 2.35. The van der Waals surface area contributed by atoms with E-state index in [9.17, 15) is 9.59 Å². The summed E-state index contributed by atoms with van der Waals surface area (Å²) in [5, 5.41) is 1.09. The van der Waals surface area contributed by atoms with Crippen LogP contribution in [-0.4, -0.2) is 27.9 Å². The highest BCUT2D eigenvalue weighted by atomic mass is 127. The van der Waals surface area contributed by atoms with Crippen LogP contribution in [-0.2, 0) is 16.6 Å². The molecule has 0 saturated heterocycles. The van der Waals surface area contributed by atoms with Gasteiger partial charge in [-0.05, 0) is 47.7 Å². The minimum absolute atomic E-state index is 0.111. The number of carbonyl (C=O) groups is 1. The van der Waals surface area contributed by atoms with E-state index < -0.39 is 0 Å². The van der Waals surface area contributed by atoms with Crippen LogP contribution in [0, 0.1) is 3.57 Å².